The third-order valence-electron chi connectivity index (χ3n) is 1.73. The van der Waals surface area contributed by atoms with E-state index in [1.165, 1.54) is 0 Å². The molecule has 0 saturated carbocycles. The molecule has 2 nitrogen and oxygen atoms in total. The molecule has 78 valence electrons. The van der Waals surface area contributed by atoms with E-state index in [0.717, 1.165) is 0 Å². The maximum atomic E-state index is 9.67. The summed E-state index contributed by atoms with van der Waals surface area (Å²) in [4.78, 5) is 0. The molecule has 1 rings (SSSR count). The van der Waals surface area contributed by atoms with Crippen LogP contribution >= 0.6 is 27.5 Å². The number of benzene rings is 1. The molecule has 0 bridgehead atoms. The first-order valence-electron chi connectivity index (χ1n) is 4.19. The van der Waals surface area contributed by atoms with Crippen LogP contribution < -0.4 is 0 Å². The lowest BCUT2D eigenvalue weighted by Crippen LogP contribution is -2.21. The average molecular weight is 280 g/mol. The fourth-order valence-electron chi connectivity index (χ4n) is 1.22. The minimum Gasteiger partial charge on any atom is -0.506 e. The molecule has 0 spiro atoms. The number of aliphatic hydroxyl groups is 1. The van der Waals surface area contributed by atoms with Gasteiger partial charge in [0.25, 0.3) is 0 Å². The number of rotatable bonds is 2. The molecular formula is C10H12BrClO2. The van der Waals surface area contributed by atoms with Crippen LogP contribution in [0.15, 0.2) is 16.6 Å². The second-order valence-electron chi connectivity index (χ2n) is 3.88. The van der Waals surface area contributed by atoms with Crippen LogP contribution in [0.4, 0.5) is 0 Å². The molecule has 0 aliphatic carbocycles. The summed E-state index contributed by atoms with van der Waals surface area (Å²) < 4.78 is 0.546. The van der Waals surface area contributed by atoms with E-state index in [4.69, 9.17) is 11.6 Å². The Morgan fingerprint density at radius 1 is 1.43 bits per heavy atom. The fraction of sp³-hybridized carbons (Fsp3) is 0.400. The molecule has 0 heterocycles. The van der Waals surface area contributed by atoms with Gasteiger partial charge in [-0.1, -0.05) is 11.6 Å². The standard InChI is InChI=1S/C10H12BrClO2/c1-10(2,14)5-6-3-7(12)4-8(11)9(6)13/h3-4,13-14H,5H2,1-2H3. The Balaban J connectivity index is 3.09. The van der Waals surface area contributed by atoms with Gasteiger partial charge in [-0.05, 0) is 47.5 Å². The first-order chi connectivity index (χ1) is 6.29. The number of halogens is 2. The van der Waals surface area contributed by atoms with Crippen molar-refractivity contribution in [2.24, 2.45) is 0 Å². The number of hydrogen-bond acceptors (Lipinski definition) is 2. The number of aromatic hydroxyl groups is 1. The zero-order valence-corrected chi connectivity index (χ0v) is 10.4. The molecule has 0 aliphatic heterocycles. The Morgan fingerprint density at radius 3 is 2.50 bits per heavy atom. The summed E-state index contributed by atoms with van der Waals surface area (Å²) in [5.41, 5.74) is -0.224. The molecule has 0 aliphatic rings. The third kappa shape index (κ3) is 3.15. The van der Waals surface area contributed by atoms with E-state index in [2.05, 4.69) is 15.9 Å². The first kappa shape index (κ1) is 11.8. The van der Waals surface area contributed by atoms with Crippen molar-refractivity contribution in [1.29, 1.82) is 0 Å². The van der Waals surface area contributed by atoms with Gasteiger partial charge in [-0.15, -0.1) is 0 Å². The lowest BCUT2D eigenvalue weighted by atomic mass is 9.98. The number of hydrogen-bond donors (Lipinski definition) is 2. The van der Waals surface area contributed by atoms with E-state index in [0.29, 0.717) is 21.5 Å². The maximum Gasteiger partial charge on any atom is 0.133 e. The van der Waals surface area contributed by atoms with Crippen LogP contribution in [0.2, 0.25) is 5.02 Å². The second kappa shape index (κ2) is 4.09. The Kier molecular flexibility index (Phi) is 3.45. The quantitative estimate of drug-likeness (QED) is 0.873. The SMILES string of the molecule is CC(C)(O)Cc1cc(Cl)cc(Br)c1O. The molecular weight excluding hydrogens is 267 g/mol. The summed E-state index contributed by atoms with van der Waals surface area (Å²) in [6, 6.07) is 3.27. The van der Waals surface area contributed by atoms with E-state index in [9.17, 15) is 10.2 Å². The predicted octanol–water partition coefficient (Wildman–Crippen LogP) is 3.12. The summed E-state index contributed by atoms with van der Waals surface area (Å²) in [7, 11) is 0. The highest BCUT2D eigenvalue weighted by atomic mass is 79.9. The van der Waals surface area contributed by atoms with E-state index in [1.54, 1.807) is 26.0 Å². The second-order valence-corrected chi connectivity index (χ2v) is 5.18. The van der Waals surface area contributed by atoms with Gasteiger partial charge in [-0.2, -0.15) is 0 Å². The monoisotopic (exact) mass is 278 g/mol. The van der Waals surface area contributed by atoms with Gasteiger partial charge in [0.2, 0.25) is 0 Å². The van der Waals surface area contributed by atoms with Gasteiger partial charge in [0, 0.05) is 11.4 Å². The highest BCUT2D eigenvalue weighted by Crippen LogP contribution is 2.33. The minimum absolute atomic E-state index is 0.136. The van der Waals surface area contributed by atoms with Crippen molar-refractivity contribution in [1.82, 2.24) is 0 Å². The molecule has 0 aromatic heterocycles. The van der Waals surface area contributed by atoms with Crippen molar-refractivity contribution in [2.75, 3.05) is 0 Å². The topological polar surface area (TPSA) is 40.5 Å². The van der Waals surface area contributed by atoms with Crippen molar-refractivity contribution in [3.05, 3.63) is 27.2 Å². The van der Waals surface area contributed by atoms with Crippen LogP contribution in [0.25, 0.3) is 0 Å². The van der Waals surface area contributed by atoms with Crippen molar-refractivity contribution in [3.8, 4) is 5.75 Å². The molecule has 4 heteroatoms. The van der Waals surface area contributed by atoms with Crippen LogP contribution in [-0.2, 0) is 6.42 Å². The largest absolute Gasteiger partial charge is 0.506 e. The molecule has 1 aromatic rings. The zero-order valence-electron chi connectivity index (χ0n) is 8.01. The fourth-order valence-corrected chi connectivity index (χ4v) is 2.09. The van der Waals surface area contributed by atoms with Crippen LogP contribution in [0.3, 0.4) is 0 Å². The summed E-state index contributed by atoms with van der Waals surface area (Å²) in [5, 5.41) is 19.8. The van der Waals surface area contributed by atoms with Gasteiger partial charge in [-0.25, -0.2) is 0 Å². The predicted molar refractivity (Wildman–Crippen MR) is 60.8 cm³/mol. The maximum absolute atomic E-state index is 9.67. The highest BCUT2D eigenvalue weighted by molar-refractivity contribution is 9.10. The molecule has 0 radical (unpaired) electrons. The molecule has 14 heavy (non-hydrogen) atoms. The molecule has 0 atom stereocenters. The van der Waals surface area contributed by atoms with Gasteiger partial charge in [0.05, 0.1) is 10.1 Å². The average Bonchev–Trinajstić information content (AvgIpc) is 1.96. The lowest BCUT2D eigenvalue weighted by Gasteiger charge is -2.18. The van der Waals surface area contributed by atoms with E-state index < -0.39 is 5.60 Å². The van der Waals surface area contributed by atoms with Crippen LogP contribution in [-0.4, -0.2) is 15.8 Å². The third-order valence-corrected chi connectivity index (χ3v) is 2.55. The lowest BCUT2D eigenvalue weighted by molar-refractivity contribution is 0.0802. The number of phenols is 1. The highest BCUT2D eigenvalue weighted by Gasteiger charge is 2.17. The zero-order chi connectivity index (χ0) is 10.9. The summed E-state index contributed by atoms with van der Waals surface area (Å²) >= 11 is 9.02. The van der Waals surface area contributed by atoms with E-state index >= 15 is 0 Å². The van der Waals surface area contributed by atoms with Crippen molar-refractivity contribution >= 4 is 27.5 Å². The normalized spacial score (nSPS) is 11.8. The Labute approximate surface area is 96.7 Å². The van der Waals surface area contributed by atoms with Gasteiger partial charge in [0.1, 0.15) is 5.75 Å². The van der Waals surface area contributed by atoms with Gasteiger partial charge in [-0.3, -0.25) is 0 Å². The molecule has 0 unspecified atom stereocenters. The molecule has 1 aromatic carbocycles. The Bertz CT molecular complexity index is 345. The van der Waals surface area contributed by atoms with Crippen LogP contribution in [0.1, 0.15) is 19.4 Å². The molecule has 2 N–H and O–H groups in total. The Morgan fingerprint density at radius 2 is 2.00 bits per heavy atom. The smallest absolute Gasteiger partial charge is 0.133 e. The van der Waals surface area contributed by atoms with Crippen molar-refractivity contribution in [2.45, 2.75) is 25.9 Å². The van der Waals surface area contributed by atoms with Crippen LogP contribution in [0.5, 0.6) is 5.75 Å². The minimum atomic E-state index is -0.860. The van der Waals surface area contributed by atoms with Gasteiger partial charge < -0.3 is 10.2 Å². The van der Waals surface area contributed by atoms with E-state index in [-0.39, 0.29) is 5.75 Å². The summed E-state index contributed by atoms with van der Waals surface area (Å²) in [5.74, 6) is 0.136. The Hall–Kier alpha value is -0.250. The molecule has 0 amide bonds. The van der Waals surface area contributed by atoms with Gasteiger partial charge >= 0.3 is 0 Å². The molecule has 0 fully saturated rings. The van der Waals surface area contributed by atoms with Gasteiger partial charge in [0.15, 0.2) is 0 Å². The van der Waals surface area contributed by atoms with Crippen molar-refractivity contribution < 1.29 is 10.2 Å². The molecule has 0 saturated heterocycles. The van der Waals surface area contributed by atoms with Crippen LogP contribution in [0, 0.1) is 0 Å². The summed E-state index contributed by atoms with van der Waals surface area (Å²) in [6.45, 7) is 3.36. The van der Waals surface area contributed by atoms with E-state index in [1.807, 2.05) is 0 Å². The number of phenolic OH excluding ortho intramolecular Hbond substituents is 1. The van der Waals surface area contributed by atoms with Crippen molar-refractivity contribution in [3.63, 3.8) is 0 Å². The first-order valence-corrected chi connectivity index (χ1v) is 5.36. The summed E-state index contributed by atoms with van der Waals surface area (Å²) in [6.07, 6.45) is 0.359.